The van der Waals surface area contributed by atoms with Gasteiger partial charge in [0.15, 0.2) is 17.3 Å². The van der Waals surface area contributed by atoms with Gasteiger partial charge >= 0.3 is 6.09 Å². The van der Waals surface area contributed by atoms with E-state index in [9.17, 15) is 38.4 Å². The Balaban J connectivity index is 0.839. The Kier molecular flexibility index (Phi) is 20.3. The summed E-state index contributed by atoms with van der Waals surface area (Å²) in [4.78, 5) is 114. The van der Waals surface area contributed by atoms with E-state index in [1.807, 2.05) is 53.9 Å². The fourth-order valence-corrected chi connectivity index (χ4v) is 10.6. The first kappa shape index (κ1) is 59.3. The number of nitrogens with zero attached hydrogens (tertiary/aromatic N) is 4. The predicted octanol–water partition coefficient (Wildman–Crippen LogP) is 10.2. The van der Waals surface area contributed by atoms with Crippen LogP contribution < -0.4 is 45.3 Å². The lowest BCUT2D eigenvalue weighted by Crippen LogP contribution is -2.44. The van der Waals surface area contributed by atoms with E-state index in [0.29, 0.717) is 67.9 Å². The molecule has 2 aliphatic rings. The number of rotatable bonds is 27. The minimum absolute atomic E-state index is 0.0643. The number of methoxy groups -OCH3 is 1. The fourth-order valence-electron chi connectivity index (χ4n) is 9.79. The molecule has 0 fully saturated rings. The Morgan fingerprint density at radius 1 is 0.768 bits per heavy atom. The van der Waals surface area contributed by atoms with Crippen LogP contribution >= 0.6 is 11.3 Å². The molecule has 0 spiro atoms. The normalized spacial score (nSPS) is 14.2. The van der Waals surface area contributed by atoms with Gasteiger partial charge in [0.2, 0.25) is 17.7 Å². The molecule has 8 rings (SSSR count). The van der Waals surface area contributed by atoms with E-state index in [-0.39, 0.29) is 103 Å². The second kappa shape index (κ2) is 28.0. The van der Waals surface area contributed by atoms with Gasteiger partial charge in [-0.2, -0.15) is 0 Å². The van der Waals surface area contributed by atoms with E-state index in [1.54, 1.807) is 85.3 Å². The number of thiophene rings is 1. The lowest BCUT2D eigenvalue weighted by atomic mass is 9.99. The number of para-hydroxylation sites is 1. The highest BCUT2D eigenvalue weighted by Gasteiger charge is 2.42. The first-order chi connectivity index (χ1) is 39.6. The number of ether oxygens (including phenoxy) is 3. The Morgan fingerprint density at radius 2 is 1.51 bits per heavy atom. The Labute approximate surface area is 479 Å². The maximum absolute atomic E-state index is 14.6. The van der Waals surface area contributed by atoms with Crippen molar-refractivity contribution in [3.05, 3.63) is 119 Å². The van der Waals surface area contributed by atoms with Crippen LogP contribution in [0.1, 0.15) is 111 Å². The van der Waals surface area contributed by atoms with Crippen molar-refractivity contribution >= 4 is 103 Å². The molecule has 6 aromatic rings. The molecular formula is C61H68N8O12S. The molecule has 0 bridgehead atoms. The van der Waals surface area contributed by atoms with Crippen molar-refractivity contribution in [1.29, 1.82) is 0 Å². The largest absolute Gasteiger partial charge is 0.493 e. The van der Waals surface area contributed by atoms with Gasteiger partial charge in [0, 0.05) is 85.3 Å². The number of fused-ring (bicyclic) bond motifs is 5. The summed E-state index contributed by atoms with van der Waals surface area (Å²) in [5.74, 6) is -2.02. The van der Waals surface area contributed by atoms with E-state index >= 15 is 0 Å². The molecule has 20 nitrogen and oxygen atoms in total. The summed E-state index contributed by atoms with van der Waals surface area (Å²) < 4.78 is 20.6. The quantitative estimate of drug-likeness (QED) is 0.0214. The number of ketones is 2. The van der Waals surface area contributed by atoms with Crippen LogP contribution in [0.4, 0.5) is 33.2 Å². The summed E-state index contributed by atoms with van der Waals surface area (Å²) in [5.41, 5.74) is 3.94. The van der Waals surface area contributed by atoms with Gasteiger partial charge in [-0.15, -0.1) is 11.3 Å². The smallest absolute Gasteiger partial charge is 0.419 e. The Bertz CT molecular complexity index is 3350. The second-order valence-corrected chi connectivity index (χ2v) is 21.2. The van der Waals surface area contributed by atoms with Crippen molar-refractivity contribution < 1.29 is 57.4 Å². The zero-order valence-electron chi connectivity index (χ0n) is 46.6. The minimum atomic E-state index is -0.815. The molecule has 430 valence electrons. The molecule has 4 N–H and O–H groups in total. The lowest BCUT2D eigenvalue weighted by Gasteiger charge is -2.26. The molecule has 6 amide bonds. The third-order valence-corrected chi connectivity index (χ3v) is 15.0. The van der Waals surface area contributed by atoms with Gasteiger partial charge in [0.05, 0.1) is 49.3 Å². The van der Waals surface area contributed by atoms with Crippen molar-refractivity contribution in [2.45, 2.75) is 103 Å². The molecule has 0 radical (unpaired) electrons. The maximum Gasteiger partial charge on any atom is 0.419 e. The number of nitrogens with one attached hydrogen (secondary N) is 4. The van der Waals surface area contributed by atoms with Gasteiger partial charge in [-0.3, -0.25) is 38.5 Å². The van der Waals surface area contributed by atoms with Crippen LogP contribution in [-0.4, -0.2) is 96.9 Å². The van der Waals surface area contributed by atoms with Crippen LogP contribution in [0.5, 0.6) is 17.2 Å². The monoisotopic (exact) mass is 1140 g/mol. The molecule has 2 aromatic heterocycles. The van der Waals surface area contributed by atoms with Crippen molar-refractivity contribution in [3.63, 3.8) is 0 Å². The molecule has 0 saturated carbocycles. The summed E-state index contributed by atoms with van der Waals surface area (Å²) in [7, 11) is 3.16. The van der Waals surface area contributed by atoms with Gasteiger partial charge in [0.25, 0.3) is 11.8 Å². The van der Waals surface area contributed by atoms with Crippen molar-refractivity contribution in [2.75, 3.05) is 52.6 Å². The summed E-state index contributed by atoms with van der Waals surface area (Å²) in [6.45, 7) is 5.53. The number of benzene rings is 4. The summed E-state index contributed by atoms with van der Waals surface area (Å²) in [6.07, 6.45) is 6.65. The Hall–Kier alpha value is -8.85. The number of Topliss-reactive ketones (excluding diaryl/α,β-unsaturated/α-hetero) is 2. The van der Waals surface area contributed by atoms with Crippen molar-refractivity contribution in [3.8, 4) is 17.2 Å². The summed E-state index contributed by atoms with van der Waals surface area (Å²) in [5, 5.41) is 18.0. The third-order valence-electron chi connectivity index (χ3n) is 14.1. The highest BCUT2D eigenvalue weighted by molar-refractivity contribution is 7.17. The van der Waals surface area contributed by atoms with Crippen LogP contribution in [-0.2, 0) is 42.3 Å². The second-order valence-electron chi connectivity index (χ2n) is 20.3. The summed E-state index contributed by atoms with van der Waals surface area (Å²) in [6, 6.07) is 24.9. The van der Waals surface area contributed by atoms with Crippen molar-refractivity contribution in [2.24, 2.45) is 18.1 Å². The highest BCUT2D eigenvalue weighted by Crippen LogP contribution is 2.43. The summed E-state index contributed by atoms with van der Waals surface area (Å²) >= 11 is 1.62. The lowest BCUT2D eigenvalue weighted by molar-refractivity contribution is -0.129. The Morgan fingerprint density at radius 3 is 2.29 bits per heavy atom. The first-order valence-electron chi connectivity index (χ1n) is 27.4. The fraction of sp³-hybridized carbons (Fsp3) is 0.361. The highest BCUT2D eigenvalue weighted by atomic mass is 32.1. The zero-order valence-corrected chi connectivity index (χ0v) is 47.4. The molecule has 0 unspecified atom stereocenters. The van der Waals surface area contributed by atoms with E-state index in [0.717, 1.165) is 27.8 Å². The van der Waals surface area contributed by atoms with Gasteiger partial charge < -0.3 is 49.8 Å². The number of aromatic nitrogens is 1. The number of carbonyl (C=O) groups is 8. The maximum atomic E-state index is 14.6. The number of hydrogen-bond donors (Lipinski definition) is 4. The van der Waals surface area contributed by atoms with Crippen LogP contribution in [0, 0.1) is 5.92 Å². The third kappa shape index (κ3) is 15.3. The molecule has 2 aliphatic heterocycles. The standard InChI is InChI=1S/C61H68N8O12S/c1-6-62-80-28-12-11-16-46(70)15-8-10-18-56(72)63-39(3)52(71)30-38(2)58(74)65-42-20-23-47(24-21-42)81-61(77)68-37-45-32-40-14-7-9-17-49(40)69(45)60(76)48-34-53(78-5)54(35-50(48)68)79-27-13-19-57(73)64-44-33-51(67(4)36-44)59(75)66-43-22-25-55-41(31-43)26-29-82-55/h6-7,9,14,17,20-26,29,31,33-36,38-39,45H,8,10-13,15-16,18-19,27-28,30,32,37H2,1-5H3,(H,63,72)(H,64,73)(H,65,74)(H,66,75)/t38-,39+,45-/m0/s1. The number of carbonyl (C=O) groups excluding carboxylic acids is 8. The van der Waals surface area contributed by atoms with Gasteiger partial charge in [-0.05, 0) is 135 Å². The predicted molar refractivity (Wildman–Crippen MR) is 315 cm³/mol. The van der Waals surface area contributed by atoms with E-state index in [2.05, 4.69) is 26.4 Å². The first-order valence-corrected chi connectivity index (χ1v) is 28.3. The molecule has 0 saturated heterocycles. The van der Waals surface area contributed by atoms with Crippen LogP contribution in [0.3, 0.4) is 0 Å². The zero-order chi connectivity index (χ0) is 58.3. The molecule has 4 heterocycles. The average Bonchev–Trinajstić information content (AvgIpc) is 3.95. The SMILES string of the molecule is CC=NOCCCCC(=O)CCCCC(=O)N[C@H](C)C(=O)C[C@H](C)C(=O)Nc1ccc(OC(=O)N2C[C@@H]3Cc4ccccc4N3C(=O)c3cc(OC)c(OCCCC(=O)Nc4cc(C(=O)Nc5ccc6sccc6c5)n(C)c4)cc32)cc1. The number of unbranched alkanes of at least 4 members (excludes halogenated alkanes) is 2. The number of hydrogen-bond acceptors (Lipinski definition) is 14. The molecule has 4 aromatic carbocycles. The van der Waals surface area contributed by atoms with E-state index in [1.165, 1.54) is 30.2 Å². The van der Waals surface area contributed by atoms with Gasteiger partial charge in [0.1, 0.15) is 23.8 Å². The minimum Gasteiger partial charge on any atom is -0.493 e. The van der Waals surface area contributed by atoms with Gasteiger partial charge in [-0.1, -0.05) is 30.3 Å². The van der Waals surface area contributed by atoms with Crippen LogP contribution in [0.2, 0.25) is 0 Å². The molecule has 0 aliphatic carbocycles. The number of aryl methyl sites for hydroxylation is 1. The van der Waals surface area contributed by atoms with Crippen LogP contribution in [0.15, 0.2) is 108 Å². The molecule has 82 heavy (non-hydrogen) atoms. The number of amides is 6. The molecule has 3 atom stereocenters. The van der Waals surface area contributed by atoms with Gasteiger partial charge in [-0.25, -0.2) is 4.79 Å². The van der Waals surface area contributed by atoms with E-state index < -0.39 is 30.0 Å². The molecule has 21 heteroatoms. The average molecular weight is 1140 g/mol. The van der Waals surface area contributed by atoms with Crippen molar-refractivity contribution in [1.82, 2.24) is 9.88 Å². The number of oxime groups is 1. The molecular weight excluding hydrogens is 1070 g/mol. The topological polar surface area (TPSA) is 245 Å². The van der Waals surface area contributed by atoms with Crippen LogP contribution in [0.25, 0.3) is 10.1 Å². The van der Waals surface area contributed by atoms with E-state index in [4.69, 9.17) is 19.0 Å². The number of anilines is 5.